The summed E-state index contributed by atoms with van der Waals surface area (Å²) < 4.78 is 12.9. The normalized spacial score (nSPS) is 9.95. The first-order valence-corrected chi connectivity index (χ1v) is 6.40. The van der Waals surface area contributed by atoms with Crippen molar-refractivity contribution < 1.29 is 14.0 Å². The van der Waals surface area contributed by atoms with Gasteiger partial charge in [0.1, 0.15) is 5.82 Å². The van der Waals surface area contributed by atoms with Gasteiger partial charge in [-0.15, -0.1) is 11.3 Å². The lowest BCUT2D eigenvalue weighted by molar-refractivity contribution is -0.121. The lowest BCUT2D eigenvalue weighted by Crippen LogP contribution is -2.42. The highest BCUT2D eigenvalue weighted by molar-refractivity contribution is 7.10. The Balaban J connectivity index is 1.85. The van der Waals surface area contributed by atoms with Crippen molar-refractivity contribution in [1.82, 2.24) is 10.9 Å². The van der Waals surface area contributed by atoms with Gasteiger partial charge >= 0.3 is 0 Å². The standard InChI is InChI=1S/C13H11FN2O2S/c14-10-4-1-3-9(7-10)13(18)16-15-12(17)8-11-5-2-6-19-11/h1-7H,8H2,(H,15,17)(H,16,18). The summed E-state index contributed by atoms with van der Waals surface area (Å²) in [7, 11) is 0. The van der Waals surface area contributed by atoms with Crippen LogP contribution >= 0.6 is 11.3 Å². The summed E-state index contributed by atoms with van der Waals surface area (Å²) in [4.78, 5) is 24.0. The van der Waals surface area contributed by atoms with E-state index in [-0.39, 0.29) is 17.9 Å². The van der Waals surface area contributed by atoms with Crippen LogP contribution in [0.25, 0.3) is 0 Å². The minimum atomic E-state index is -0.556. The number of hydrogen-bond donors (Lipinski definition) is 2. The van der Waals surface area contributed by atoms with Crippen LogP contribution in [0.3, 0.4) is 0 Å². The zero-order valence-corrected chi connectivity index (χ0v) is 10.7. The van der Waals surface area contributed by atoms with Gasteiger partial charge in [0.15, 0.2) is 0 Å². The van der Waals surface area contributed by atoms with Crippen molar-refractivity contribution in [1.29, 1.82) is 0 Å². The third kappa shape index (κ3) is 3.89. The number of rotatable bonds is 3. The van der Waals surface area contributed by atoms with Gasteiger partial charge in [-0.1, -0.05) is 12.1 Å². The van der Waals surface area contributed by atoms with Crippen LogP contribution in [0.2, 0.25) is 0 Å². The Morgan fingerprint density at radius 2 is 2.00 bits per heavy atom. The fourth-order valence-corrected chi connectivity index (χ4v) is 2.15. The SMILES string of the molecule is O=C(Cc1cccs1)NNC(=O)c1cccc(F)c1. The largest absolute Gasteiger partial charge is 0.273 e. The van der Waals surface area contributed by atoms with E-state index in [2.05, 4.69) is 10.9 Å². The first-order valence-electron chi connectivity index (χ1n) is 5.52. The second-order valence-corrected chi connectivity index (χ2v) is 4.80. The molecule has 0 atom stereocenters. The smallest absolute Gasteiger partial charge is 0.269 e. The van der Waals surface area contributed by atoms with Crippen molar-refractivity contribution in [2.45, 2.75) is 6.42 Å². The Kier molecular flexibility index (Phi) is 4.25. The number of hydrazine groups is 1. The molecule has 0 saturated carbocycles. The lowest BCUT2D eigenvalue weighted by Gasteiger charge is -2.06. The number of carbonyl (C=O) groups excluding carboxylic acids is 2. The molecule has 2 amide bonds. The van der Waals surface area contributed by atoms with Crippen molar-refractivity contribution in [3.8, 4) is 0 Å². The van der Waals surface area contributed by atoms with Crippen LogP contribution < -0.4 is 10.9 Å². The molecule has 0 radical (unpaired) electrons. The van der Waals surface area contributed by atoms with Crippen molar-refractivity contribution in [3.63, 3.8) is 0 Å². The molecular formula is C13H11FN2O2S. The molecule has 0 unspecified atom stereocenters. The number of hydrogen-bond acceptors (Lipinski definition) is 3. The number of amides is 2. The summed E-state index contributed by atoms with van der Waals surface area (Å²) in [5.41, 5.74) is 4.67. The van der Waals surface area contributed by atoms with Crippen molar-refractivity contribution in [3.05, 3.63) is 58.0 Å². The highest BCUT2D eigenvalue weighted by Gasteiger charge is 2.08. The summed E-state index contributed by atoms with van der Waals surface area (Å²) in [5, 5.41) is 1.87. The predicted octanol–water partition coefficient (Wildman–Crippen LogP) is 1.89. The van der Waals surface area contributed by atoms with E-state index in [0.717, 1.165) is 10.9 Å². The Morgan fingerprint density at radius 1 is 1.16 bits per heavy atom. The molecule has 1 aromatic carbocycles. The summed E-state index contributed by atoms with van der Waals surface area (Å²) in [5.74, 6) is -1.39. The topological polar surface area (TPSA) is 58.2 Å². The molecule has 0 aliphatic heterocycles. The van der Waals surface area contributed by atoms with E-state index in [1.54, 1.807) is 0 Å². The number of nitrogens with one attached hydrogen (secondary N) is 2. The maximum atomic E-state index is 12.9. The zero-order chi connectivity index (χ0) is 13.7. The van der Waals surface area contributed by atoms with Crippen LogP contribution in [0.5, 0.6) is 0 Å². The molecule has 0 bridgehead atoms. The Hall–Kier alpha value is -2.21. The molecule has 0 aliphatic rings. The van der Waals surface area contributed by atoms with Gasteiger partial charge in [-0.3, -0.25) is 20.4 Å². The summed E-state index contributed by atoms with van der Waals surface area (Å²) >= 11 is 1.46. The number of benzene rings is 1. The van der Waals surface area contributed by atoms with E-state index in [4.69, 9.17) is 0 Å². The Morgan fingerprint density at radius 3 is 2.68 bits per heavy atom. The quantitative estimate of drug-likeness (QED) is 0.842. The van der Waals surface area contributed by atoms with Gasteiger partial charge < -0.3 is 0 Å². The molecule has 0 aliphatic carbocycles. The van der Waals surface area contributed by atoms with E-state index in [1.165, 1.54) is 29.5 Å². The fraction of sp³-hybridized carbons (Fsp3) is 0.0769. The predicted molar refractivity (Wildman–Crippen MR) is 70.0 cm³/mol. The third-order valence-corrected chi connectivity index (χ3v) is 3.19. The molecule has 0 spiro atoms. The van der Waals surface area contributed by atoms with Crippen LogP contribution in [0.15, 0.2) is 41.8 Å². The van der Waals surface area contributed by atoms with Gasteiger partial charge in [-0.05, 0) is 29.6 Å². The second kappa shape index (κ2) is 6.10. The molecule has 1 heterocycles. The molecule has 2 N–H and O–H groups in total. The van der Waals surface area contributed by atoms with E-state index in [9.17, 15) is 14.0 Å². The van der Waals surface area contributed by atoms with E-state index in [0.29, 0.717) is 0 Å². The molecule has 98 valence electrons. The van der Waals surface area contributed by atoms with Gasteiger partial charge in [0.05, 0.1) is 6.42 Å². The van der Waals surface area contributed by atoms with Gasteiger partial charge in [0, 0.05) is 10.4 Å². The molecule has 0 saturated heterocycles. The molecule has 2 rings (SSSR count). The molecule has 4 nitrogen and oxygen atoms in total. The van der Waals surface area contributed by atoms with E-state index < -0.39 is 11.7 Å². The van der Waals surface area contributed by atoms with Crippen LogP contribution in [0, 0.1) is 5.82 Å². The average Bonchev–Trinajstić information content (AvgIpc) is 2.88. The van der Waals surface area contributed by atoms with Crippen molar-refractivity contribution in [2.75, 3.05) is 0 Å². The molecule has 19 heavy (non-hydrogen) atoms. The number of thiophene rings is 1. The first-order chi connectivity index (χ1) is 9.15. The summed E-state index contributed by atoms with van der Waals surface area (Å²) in [6.07, 6.45) is 0.196. The molecule has 0 fully saturated rings. The minimum Gasteiger partial charge on any atom is -0.273 e. The van der Waals surface area contributed by atoms with Crippen molar-refractivity contribution >= 4 is 23.2 Å². The van der Waals surface area contributed by atoms with Crippen LogP contribution in [-0.2, 0) is 11.2 Å². The average molecular weight is 278 g/mol. The summed E-state index contributed by atoms with van der Waals surface area (Å²) in [6.45, 7) is 0. The third-order valence-electron chi connectivity index (χ3n) is 2.32. The van der Waals surface area contributed by atoms with Gasteiger partial charge in [-0.2, -0.15) is 0 Å². The maximum Gasteiger partial charge on any atom is 0.269 e. The Bertz CT molecular complexity index is 584. The molecule has 2 aromatic rings. The molecule has 1 aromatic heterocycles. The van der Waals surface area contributed by atoms with Gasteiger partial charge in [0.25, 0.3) is 5.91 Å². The minimum absolute atomic E-state index is 0.149. The van der Waals surface area contributed by atoms with Crippen LogP contribution in [0.4, 0.5) is 4.39 Å². The van der Waals surface area contributed by atoms with E-state index in [1.807, 2.05) is 17.5 Å². The molecular weight excluding hydrogens is 267 g/mol. The summed E-state index contributed by atoms with van der Waals surface area (Å²) in [6, 6.07) is 8.91. The maximum absolute atomic E-state index is 12.9. The zero-order valence-electron chi connectivity index (χ0n) is 9.85. The Labute approximate surface area is 113 Å². The van der Waals surface area contributed by atoms with Crippen LogP contribution in [0.1, 0.15) is 15.2 Å². The van der Waals surface area contributed by atoms with Crippen LogP contribution in [-0.4, -0.2) is 11.8 Å². The highest BCUT2D eigenvalue weighted by Crippen LogP contribution is 2.08. The molecule has 6 heteroatoms. The monoisotopic (exact) mass is 278 g/mol. The number of carbonyl (C=O) groups is 2. The second-order valence-electron chi connectivity index (χ2n) is 3.77. The lowest BCUT2D eigenvalue weighted by atomic mass is 10.2. The van der Waals surface area contributed by atoms with Gasteiger partial charge in [0.2, 0.25) is 5.91 Å². The van der Waals surface area contributed by atoms with Gasteiger partial charge in [-0.25, -0.2) is 4.39 Å². The highest BCUT2D eigenvalue weighted by atomic mass is 32.1. The van der Waals surface area contributed by atoms with Crippen molar-refractivity contribution in [2.24, 2.45) is 0 Å². The first kappa shape index (κ1) is 13.2. The van der Waals surface area contributed by atoms with E-state index >= 15 is 0 Å². The fourth-order valence-electron chi connectivity index (χ4n) is 1.44. The number of halogens is 1.